The summed E-state index contributed by atoms with van der Waals surface area (Å²) in [6, 6.07) is 0.712. The molecule has 12 heavy (non-hydrogen) atoms. The number of piperazine rings is 1. The first-order chi connectivity index (χ1) is 5.86. The molecule has 0 spiro atoms. The zero-order valence-electron chi connectivity index (χ0n) is 8.05. The third-order valence-electron chi connectivity index (χ3n) is 2.48. The zero-order valence-corrected chi connectivity index (χ0v) is 8.05. The second kappa shape index (κ2) is 5.33. The van der Waals surface area contributed by atoms with Gasteiger partial charge in [-0.3, -0.25) is 0 Å². The van der Waals surface area contributed by atoms with E-state index in [9.17, 15) is 0 Å². The normalized spacial score (nSPS) is 25.6. The molecule has 0 aromatic rings. The first-order valence-electron chi connectivity index (χ1n) is 4.93. The fraction of sp³-hybridized carbons (Fsp3) is 0.800. The van der Waals surface area contributed by atoms with Gasteiger partial charge >= 0.3 is 0 Å². The average molecular weight is 168 g/mol. The van der Waals surface area contributed by atoms with Crippen molar-refractivity contribution in [3.63, 3.8) is 0 Å². The van der Waals surface area contributed by atoms with E-state index < -0.39 is 0 Å². The molecule has 1 saturated heterocycles. The van der Waals surface area contributed by atoms with Crippen LogP contribution in [0, 0.1) is 0 Å². The van der Waals surface area contributed by atoms with Crippen molar-refractivity contribution in [3.05, 3.63) is 12.7 Å². The Morgan fingerprint density at radius 2 is 2.50 bits per heavy atom. The lowest BCUT2D eigenvalue weighted by Gasteiger charge is -2.32. The van der Waals surface area contributed by atoms with Crippen LogP contribution in [-0.4, -0.2) is 37.1 Å². The van der Waals surface area contributed by atoms with Crippen LogP contribution in [0.25, 0.3) is 0 Å². The number of hydrogen-bond donors (Lipinski definition) is 1. The summed E-state index contributed by atoms with van der Waals surface area (Å²) in [4.78, 5) is 2.52. The molecule has 2 heteroatoms. The molecule has 1 heterocycles. The molecule has 1 N–H and O–H groups in total. The van der Waals surface area contributed by atoms with Gasteiger partial charge in [0, 0.05) is 32.2 Å². The van der Waals surface area contributed by atoms with E-state index in [0.717, 1.165) is 13.0 Å². The van der Waals surface area contributed by atoms with E-state index in [1.807, 2.05) is 6.08 Å². The Bertz CT molecular complexity index is 134. The molecule has 1 aliphatic heterocycles. The van der Waals surface area contributed by atoms with Crippen LogP contribution < -0.4 is 5.32 Å². The topological polar surface area (TPSA) is 15.3 Å². The SMILES string of the molecule is C=CCCN1CCNC(CC)C1. The van der Waals surface area contributed by atoms with Gasteiger partial charge in [-0.2, -0.15) is 0 Å². The first kappa shape index (κ1) is 9.75. The van der Waals surface area contributed by atoms with Gasteiger partial charge in [-0.05, 0) is 12.8 Å². The van der Waals surface area contributed by atoms with Crippen LogP contribution >= 0.6 is 0 Å². The van der Waals surface area contributed by atoms with Crippen LogP contribution in [0.15, 0.2) is 12.7 Å². The number of nitrogens with zero attached hydrogens (tertiary/aromatic N) is 1. The molecule has 2 nitrogen and oxygen atoms in total. The highest BCUT2D eigenvalue weighted by atomic mass is 15.2. The van der Waals surface area contributed by atoms with Crippen LogP contribution in [0.5, 0.6) is 0 Å². The minimum absolute atomic E-state index is 0.712. The van der Waals surface area contributed by atoms with Crippen molar-refractivity contribution in [2.75, 3.05) is 26.2 Å². The predicted octanol–water partition coefficient (Wildman–Crippen LogP) is 1.25. The van der Waals surface area contributed by atoms with Crippen LogP contribution in [0.4, 0.5) is 0 Å². The van der Waals surface area contributed by atoms with E-state index in [2.05, 4.69) is 23.7 Å². The maximum Gasteiger partial charge on any atom is 0.0192 e. The van der Waals surface area contributed by atoms with Gasteiger partial charge in [-0.15, -0.1) is 6.58 Å². The summed E-state index contributed by atoms with van der Waals surface area (Å²) in [5.74, 6) is 0. The van der Waals surface area contributed by atoms with E-state index in [0.29, 0.717) is 6.04 Å². The van der Waals surface area contributed by atoms with Gasteiger partial charge in [0.1, 0.15) is 0 Å². The summed E-state index contributed by atoms with van der Waals surface area (Å²) >= 11 is 0. The summed E-state index contributed by atoms with van der Waals surface area (Å²) in [7, 11) is 0. The standard InChI is InChI=1S/C10H20N2/c1-3-5-7-12-8-6-11-10(4-2)9-12/h3,10-11H,1,4-9H2,2H3. The highest BCUT2D eigenvalue weighted by molar-refractivity contribution is 4.79. The van der Waals surface area contributed by atoms with E-state index in [-0.39, 0.29) is 0 Å². The Balaban J connectivity index is 2.20. The summed E-state index contributed by atoms with van der Waals surface area (Å²) in [6.45, 7) is 10.7. The Morgan fingerprint density at radius 3 is 3.17 bits per heavy atom. The van der Waals surface area contributed by atoms with Crippen LogP contribution in [0.3, 0.4) is 0 Å². The van der Waals surface area contributed by atoms with Crippen molar-refractivity contribution >= 4 is 0 Å². The molecule has 70 valence electrons. The van der Waals surface area contributed by atoms with Crippen molar-refractivity contribution < 1.29 is 0 Å². The second-order valence-corrected chi connectivity index (χ2v) is 3.44. The molecule has 0 radical (unpaired) electrons. The van der Waals surface area contributed by atoms with Crippen molar-refractivity contribution in [1.29, 1.82) is 0 Å². The second-order valence-electron chi connectivity index (χ2n) is 3.44. The van der Waals surface area contributed by atoms with Gasteiger partial charge in [0.25, 0.3) is 0 Å². The third kappa shape index (κ3) is 2.95. The van der Waals surface area contributed by atoms with E-state index in [4.69, 9.17) is 0 Å². The van der Waals surface area contributed by atoms with Crippen LogP contribution in [-0.2, 0) is 0 Å². The first-order valence-corrected chi connectivity index (χ1v) is 4.93. The van der Waals surface area contributed by atoms with E-state index in [1.165, 1.54) is 26.1 Å². The lowest BCUT2D eigenvalue weighted by Crippen LogP contribution is -2.50. The Kier molecular flexibility index (Phi) is 4.33. The molecule has 1 aliphatic rings. The molecule has 1 unspecified atom stereocenters. The fourth-order valence-corrected chi connectivity index (χ4v) is 1.64. The minimum Gasteiger partial charge on any atom is -0.311 e. The van der Waals surface area contributed by atoms with E-state index in [1.54, 1.807) is 0 Å². The maximum atomic E-state index is 3.74. The molecule has 0 amide bonds. The summed E-state index contributed by atoms with van der Waals surface area (Å²) in [6.07, 6.45) is 4.37. The predicted molar refractivity (Wildman–Crippen MR) is 53.3 cm³/mol. The molecular formula is C10H20N2. The largest absolute Gasteiger partial charge is 0.311 e. The number of nitrogens with one attached hydrogen (secondary N) is 1. The molecule has 0 aliphatic carbocycles. The monoisotopic (exact) mass is 168 g/mol. The highest BCUT2D eigenvalue weighted by Crippen LogP contribution is 2.02. The lowest BCUT2D eigenvalue weighted by molar-refractivity contribution is 0.200. The Labute approximate surface area is 75.6 Å². The van der Waals surface area contributed by atoms with Crippen molar-refractivity contribution in [3.8, 4) is 0 Å². The molecule has 1 fully saturated rings. The summed E-state index contributed by atoms with van der Waals surface area (Å²) in [5, 5.41) is 3.51. The molecular weight excluding hydrogens is 148 g/mol. The fourth-order valence-electron chi connectivity index (χ4n) is 1.64. The average Bonchev–Trinajstić information content (AvgIpc) is 2.15. The van der Waals surface area contributed by atoms with Gasteiger partial charge in [-0.25, -0.2) is 0 Å². The molecule has 0 saturated carbocycles. The van der Waals surface area contributed by atoms with Gasteiger partial charge in [0.05, 0.1) is 0 Å². The summed E-state index contributed by atoms with van der Waals surface area (Å²) < 4.78 is 0. The third-order valence-corrected chi connectivity index (χ3v) is 2.48. The van der Waals surface area contributed by atoms with Crippen LogP contribution in [0.2, 0.25) is 0 Å². The smallest absolute Gasteiger partial charge is 0.0192 e. The summed E-state index contributed by atoms with van der Waals surface area (Å²) in [5.41, 5.74) is 0. The van der Waals surface area contributed by atoms with Gasteiger partial charge in [-0.1, -0.05) is 13.0 Å². The van der Waals surface area contributed by atoms with Gasteiger partial charge < -0.3 is 10.2 Å². The van der Waals surface area contributed by atoms with Crippen LogP contribution in [0.1, 0.15) is 19.8 Å². The zero-order chi connectivity index (χ0) is 8.81. The maximum absolute atomic E-state index is 3.74. The van der Waals surface area contributed by atoms with E-state index >= 15 is 0 Å². The van der Waals surface area contributed by atoms with Gasteiger partial charge in [0.2, 0.25) is 0 Å². The molecule has 1 rings (SSSR count). The van der Waals surface area contributed by atoms with Gasteiger partial charge in [0.15, 0.2) is 0 Å². The number of hydrogen-bond acceptors (Lipinski definition) is 2. The Hall–Kier alpha value is -0.340. The Morgan fingerprint density at radius 1 is 1.67 bits per heavy atom. The molecule has 0 aromatic carbocycles. The molecule has 0 aromatic heterocycles. The van der Waals surface area contributed by atoms with Crippen molar-refractivity contribution in [2.24, 2.45) is 0 Å². The molecule has 1 atom stereocenters. The minimum atomic E-state index is 0.712. The van der Waals surface area contributed by atoms with Crippen molar-refractivity contribution in [2.45, 2.75) is 25.8 Å². The highest BCUT2D eigenvalue weighted by Gasteiger charge is 2.16. The number of rotatable bonds is 4. The quantitative estimate of drug-likeness (QED) is 0.635. The van der Waals surface area contributed by atoms with Crippen molar-refractivity contribution in [1.82, 2.24) is 10.2 Å². The lowest BCUT2D eigenvalue weighted by atomic mass is 10.1. The molecule has 0 bridgehead atoms.